The van der Waals surface area contributed by atoms with Crippen molar-refractivity contribution in [3.05, 3.63) is 34.9 Å². The second kappa shape index (κ2) is 10.2. The minimum absolute atomic E-state index is 0.410. The average Bonchev–Trinajstić information content (AvgIpc) is 2.45. The van der Waals surface area contributed by atoms with Crippen LogP contribution in [0, 0.1) is 5.92 Å². The predicted octanol–water partition coefficient (Wildman–Crippen LogP) is 6.38. The maximum atomic E-state index is 5.99. The zero-order valence-corrected chi connectivity index (χ0v) is 14.9. The van der Waals surface area contributed by atoms with Gasteiger partial charge in [-0.25, -0.2) is 0 Å². The molecule has 0 saturated heterocycles. The lowest BCUT2D eigenvalue weighted by Gasteiger charge is -2.27. The molecule has 2 unspecified atom stereocenters. The van der Waals surface area contributed by atoms with Gasteiger partial charge in [-0.2, -0.15) is 0 Å². The Bertz CT molecular complexity index is 372. The fraction of sp³-hybridized carbons (Fsp3) is 0.684. The first kappa shape index (κ1) is 18.5. The van der Waals surface area contributed by atoms with Gasteiger partial charge in [0, 0.05) is 17.1 Å². The minimum atomic E-state index is 0.410. The fourth-order valence-electron chi connectivity index (χ4n) is 2.79. The van der Waals surface area contributed by atoms with Crippen LogP contribution in [0.3, 0.4) is 0 Å². The Morgan fingerprint density at radius 1 is 0.952 bits per heavy atom. The zero-order valence-electron chi connectivity index (χ0n) is 14.2. The van der Waals surface area contributed by atoms with E-state index in [1.165, 1.54) is 44.1 Å². The highest BCUT2D eigenvalue weighted by Gasteiger charge is 2.17. The van der Waals surface area contributed by atoms with Crippen LogP contribution < -0.4 is 5.32 Å². The number of unbranched alkanes of at least 4 members (excludes halogenated alkanes) is 4. The molecular weight excluding hydrogens is 278 g/mol. The highest BCUT2D eigenvalue weighted by molar-refractivity contribution is 6.30. The van der Waals surface area contributed by atoms with Gasteiger partial charge >= 0.3 is 0 Å². The molecule has 0 saturated carbocycles. The molecule has 1 aromatic carbocycles. The van der Waals surface area contributed by atoms with Crippen LogP contribution in [0.2, 0.25) is 5.02 Å². The summed E-state index contributed by atoms with van der Waals surface area (Å²) in [5, 5.41) is 4.61. The quantitative estimate of drug-likeness (QED) is 0.495. The second-order valence-corrected chi connectivity index (χ2v) is 6.98. The van der Waals surface area contributed by atoms with Crippen molar-refractivity contribution in [3.8, 4) is 0 Å². The number of hydrogen-bond donors (Lipinski definition) is 1. The van der Waals surface area contributed by atoms with Gasteiger partial charge in [-0.3, -0.25) is 0 Å². The van der Waals surface area contributed by atoms with E-state index < -0.39 is 0 Å². The molecule has 1 N–H and O–H groups in total. The lowest BCUT2D eigenvalue weighted by atomic mass is 9.94. The predicted molar refractivity (Wildman–Crippen MR) is 95.0 cm³/mol. The largest absolute Gasteiger partial charge is 0.307 e. The third-order valence-electron chi connectivity index (χ3n) is 4.10. The van der Waals surface area contributed by atoms with Crippen LogP contribution in [-0.4, -0.2) is 6.04 Å². The molecule has 0 spiro atoms. The Hall–Kier alpha value is -0.530. The van der Waals surface area contributed by atoms with Gasteiger partial charge in [-0.1, -0.05) is 76.6 Å². The normalized spacial score (nSPS) is 14.4. The monoisotopic (exact) mass is 309 g/mol. The molecule has 120 valence electrons. The molecule has 1 nitrogen and oxygen atoms in total. The van der Waals surface area contributed by atoms with Crippen molar-refractivity contribution in [3.63, 3.8) is 0 Å². The molecule has 0 aliphatic carbocycles. The van der Waals surface area contributed by atoms with E-state index in [1.807, 2.05) is 12.1 Å². The maximum absolute atomic E-state index is 5.99. The molecule has 0 aromatic heterocycles. The lowest BCUT2D eigenvalue weighted by molar-refractivity contribution is 0.353. The number of hydrogen-bond acceptors (Lipinski definition) is 1. The standard InChI is InChI=1S/C19H32ClN/c1-5-6-7-8-9-10-16(4)21-19(15(2)3)17-11-13-18(20)14-12-17/h11-16,19,21H,5-10H2,1-4H3. The summed E-state index contributed by atoms with van der Waals surface area (Å²) in [7, 11) is 0. The molecule has 2 heteroatoms. The van der Waals surface area contributed by atoms with Crippen LogP contribution in [0.15, 0.2) is 24.3 Å². The molecule has 2 atom stereocenters. The van der Waals surface area contributed by atoms with Crippen LogP contribution >= 0.6 is 11.6 Å². The Kier molecular flexibility index (Phi) is 9.03. The second-order valence-electron chi connectivity index (χ2n) is 6.54. The van der Waals surface area contributed by atoms with Gasteiger partial charge in [0.25, 0.3) is 0 Å². The topological polar surface area (TPSA) is 12.0 Å². The van der Waals surface area contributed by atoms with Crippen LogP contribution in [-0.2, 0) is 0 Å². The minimum Gasteiger partial charge on any atom is -0.307 e. The molecule has 1 rings (SSSR count). The third-order valence-corrected chi connectivity index (χ3v) is 4.35. The first-order valence-electron chi connectivity index (χ1n) is 8.56. The van der Waals surface area contributed by atoms with E-state index in [1.54, 1.807) is 0 Å². The fourth-order valence-corrected chi connectivity index (χ4v) is 2.91. The van der Waals surface area contributed by atoms with Gasteiger partial charge in [0.2, 0.25) is 0 Å². The Morgan fingerprint density at radius 3 is 2.14 bits per heavy atom. The van der Waals surface area contributed by atoms with Gasteiger partial charge in [-0.05, 0) is 37.0 Å². The van der Waals surface area contributed by atoms with E-state index in [9.17, 15) is 0 Å². The highest BCUT2D eigenvalue weighted by atomic mass is 35.5. The number of benzene rings is 1. The van der Waals surface area contributed by atoms with E-state index in [0.29, 0.717) is 18.0 Å². The van der Waals surface area contributed by atoms with Crippen molar-refractivity contribution >= 4 is 11.6 Å². The first-order valence-corrected chi connectivity index (χ1v) is 8.94. The molecule has 0 fully saturated rings. The van der Waals surface area contributed by atoms with Crippen LogP contribution in [0.25, 0.3) is 0 Å². The summed E-state index contributed by atoms with van der Waals surface area (Å²) in [5.41, 5.74) is 1.34. The SMILES string of the molecule is CCCCCCCC(C)NC(c1ccc(Cl)cc1)C(C)C. The Labute approximate surface area is 136 Å². The van der Waals surface area contributed by atoms with Crippen LogP contribution in [0.5, 0.6) is 0 Å². The molecule has 0 aliphatic rings. The summed E-state index contributed by atoms with van der Waals surface area (Å²) in [5.74, 6) is 0.578. The van der Waals surface area contributed by atoms with E-state index in [2.05, 4.69) is 45.1 Å². The molecule has 0 radical (unpaired) electrons. The summed E-state index contributed by atoms with van der Waals surface area (Å²) >= 11 is 5.99. The lowest BCUT2D eigenvalue weighted by Crippen LogP contribution is -2.33. The molecule has 0 heterocycles. The number of nitrogens with one attached hydrogen (secondary N) is 1. The van der Waals surface area contributed by atoms with Gasteiger partial charge in [-0.15, -0.1) is 0 Å². The van der Waals surface area contributed by atoms with E-state index >= 15 is 0 Å². The molecule has 21 heavy (non-hydrogen) atoms. The Morgan fingerprint density at radius 2 is 1.57 bits per heavy atom. The van der Waals surface area contributed by atoms with Gasteiger partial charge < -0.3 is 5.32 Å². The summed E-state index contributed by atoms with van der Waals surface area (Å²) < 4.78 is 0. The maximum Gasteiger partial charge on any atom is 0.0406 e. The highest BCUT2D eigenvalue weighted by Crippen LogP contribution is 2.24. The van der Waals surface area contributed by atoms with Crippen molar-refractivity contribution < 1.29 is 0 Å². The van der Waals surface area contributed by atoms with Crippen LogP contribution in [0.1, 0.15) is 77.8 Å². The molecule has 0 amide bonds. The summed E-state index contributed by atoms with van der Waals surface area (Å²) in [6.45, 7) is 9.13. The average molecular weight is 310 g/mol. The van der Waals surface area contributed by atoms with Crippen molar-refractivity contribution in [2.45, 2.75) is 78.3 Å². The molecule has 0 bridgehead atoms. The van der Waals surface area contributed by atoms with E-state index in [4.69, 9.17) is 11.6 Å². The van der Waals surface area contributed by atoms with Crippen LogP contribution in [0.4, 0.5) is 0 Å². The van der Waals surface area contributed by atoms with Gasteiger partial charge in [0.1, 0.15) is 0 Å². The third kappa shape index (κ3) is 7.33. The van der Waals surface area contributed by atoms with Crippen molar-refractivity contribution in [2.24, 2.45) is 5.92 Å². The molecule has 1 aromatic rings. The number of rotatable bonds is 10. The van der Waals surface area contributed by atoms with E-state index in [0.717, 1.165) is 5.02 Å². The van der Waals surface area contributed by atoms with Crippen molar-refractivity contribution in [1.82, 2.24) is 5.32 Å². The summed E-state index contributed by atoms with van der Waals surface area (Å²) in [6, 6.07) is 9.25. The molecule has 0 aliphatic heterocycles. The zero-order chi connectivity index (χ0) is 15.7. The number of halogens is 1. The smallest absolute Gasteiger partial charge is 0.0406 e. The van der Waals surface area contributed by atoms with Gasteiger partial charge in [0.15, 0.2) is 0 Å². The van der Waals surface area contributed by atoms with Crippen molar-refractivity contribution in [2.75, 3.05) is 0 Å². The van der Waals surface area contributed by atoms with Gasteiger partial charge in [0.05, 0.1) is 0 Å². The van der Waals surface area contributed by atoms with E-state index in [-0.39, 0.29) is 0 Å². The molecular formula is C19H32ClN. The first-order chi connectivity index (χ1) is 10.0. The van der Waals surface area contributed by atoms with Crippen molar-refractivity contribution in [1.29, 1.82) is 0 Å². The summed E-state index contributed by atoms with van der Waals surface area (Å²) in [4.78, 5) is 0. The Balaban J connectivity index is 2.45. The summed E-state index contributed by atoms with van der Waals surface area (Å²) in [6.07, 6.45) is 8.04.